The third kappa shape index (κ3) is 7.47. The lowest BCUT2D eigenvalue weighted by Crippen LogP contribution is -2.52. The maximum absolute atomic E-state index is 13.0. The van der Waals surface area contributed by atoms with Crippen LogP contribution in [0.15, 0.2) is 35.3 Å². The summed E-state index contributed by atoms with van der Waals surface area (Å²) in [4.78, 5) is 35.7. The van der Waals surface area contributed by atoms with E-state index in [4.69, 9.17) is 0 Å². The number of benzene rings is 1. The van der Waals surface area contributed by atoms with Gasteiger partial charge in [0.1, 0.15) is 17.9 Å². The Kier molecular flexibility index (Phi) is 8.27. The van der Waals surface area contributed by atoms with Crippen molar-refractivity contribution in [1.29, 1.82) is 0 Å². The van der Waals surface area contributed by atoms with Crippen LogP contribution in [0.5, 0.6) is 0 Å². The fraction of sp³-hybridized carbons (Fsp3) is 0.353. The van der Waals surface area contributed by atoms with E-state index in [0.717, 1.165) is 0 Å². The van der Waals surface area contributed by atoms with Crippen LogP contribution in [0.25, 0.3) is 0 Å². The molecule has 1 aromatic rings. The summed E-state index contributed by atoms with van der Waals surface area (Å²) in [7, 11) is 1.21. The molecule has 1 rings (SSSR count). The third-order valence-corrected chi connectivity index (χ3v) is 3.60. The quantitative estimate of drug-likeness (QED) is 0.635. The largest absolute Gasteiger partial charge is 0.467 e. The van der Waals surface area contributed by atoms with E-state index in [1.54, 1.807) is 0 Å². The Bertz CT molecular complexity index is 649. The summed E-state index contributed by atoms with van der Waals surface area (Å²) in [5.74, 6) is -1.98. The van der Waals surface area contributed by atoms with Gasteiger partial charge in [-0.25, -0.2) is 9.18 Å². The molecule has 136 valence electrons. The van der Waals surface area contributed by atoms with Gasteiger partial charge in [-0.2, -0.15) is 0 Å². The maximum Gasteiger partial charge on any atom is 0.328 e. The molecule has 2 N–H and O–H groups in total. The highest BCUT2D eigenvalue weighted by Crippen LogP contribution is 2.12. The van der Waals surface area contributed by atoms with Crippen molar-refractivity contribution in [2.24, 2.45) is 0 Å². The van der Waals surface area contributed by atoms with Crippen LogP contribution in [0.4, 0.5) is 4.39 Å². The summed E-state index contributed by atoms with van der Waals surface area (Å²) in [6.45, 7) is 4.92. The number of halogens is 2. The fourth-order valence-electron chi connectivity index (χ4n) is 2.14. The molecule has 0 aliphatic carbocycles. The summed E-state index contributed by atoms with van der Waals surface area (Å²) in [5.41, 5.74) is 0.662. The average molecular weight is 415 g/mol. The molecule has 0 saturated carbocycles. The van der Waals surface area contributed by atoms with Gasteiger partial charge in [0, 0.05) is 19.8 Å². The van der Waals surface area contributed by atoms with Crippen LogP contribution in [0, 0.1) is 5.82 Å². The van der Waals surface area contributed by atoms with Gasteiger partial charge in [-0.3, -0.25) is 9.59 Å². The lowest BCUT2D eigenvalue weighted by Gasteiger charge is -2.22. The average Bonchev–Trinajstić information content (AvgIpc) is 2.54. The smallest absolute Gasteiger partial charge is 0.328 e. The minimum atomic E-state index is -0.936. The SMILES string of the molecule is C=C(Br)C[C@@H](NC(=O)[C@H](Cc1ccc(F)cc1)NC(C)=O)C(=O)OC. The van der Waals surface area contributed by atoms with Gasteiger partial charge in [-0.1, -0.05) is 34.6 Å². The summed E-state index contributed by atoms with van der Waals surface area (Å²) in [6.07, 6.45) is 0.288. The Balaban J connectivity index is 2.90. The first-order valence-electron chi connectivity index (χ1n) is 7.46. The second-order valence-electron chi connectivity index (χ2n) is 5.39. The Labute approximate surface area is 153 Å². The minimum absolute atomic E-state index is 0.141. The normalized spacial score (nSPS) is 12.6. The number of amides is 2. The lowest BCUT2D eigenvalue weighted by molar-refractivity contribution is -0.145. The first kappa shape index (κ1) is 20.8. The van der Waals surface area contributed by atoms with Crippen molar-refractivity contribution in [1.82, 2.24) is 10.6 Å². The van der Waals surface area contributed by atoms with Crippen molar-refractivity contribution >= 4 is 33.7 Å². The van der Waals surface area contributed by atoms with Crippen molar-refractivity contribution in [2.75, 3.05) is 7.11 Å². The van der Waals surface area contributed by atoms with E-state index in [1.807, 2.05) is 0 Å². The van der Waals surface area contributed by atoms with Crippen molar-refractivity contribution in [2.45, 2.75) is 31.8 Å². The van der Waals surface area contributed by atoms with Crippen LogP contribution in [0.3, 0.4) is 0 Å². The number of carbonyl (C=O) groups excluding carboxylic acids is 3. The number of methoxy groups -OCH3 is 1. The molecule has 0 saturated heterocycles. The molecule has 0 bridgehead atoms. The monoisotopic (exact) mass is 414 g/mol. The Morgan fingerprint density at radius 3 is 2.28 bits per heavy atom. The summed E-state index contributed by atoms with van der Waals surface area (Å²) >= 11 is 3.14. The highest BCUT2D eigenvalue weighted by Gasteiger charge is 2.27. The zero-order valence-electron chi connectivity index (χ0n) is 14.0. The number of rotatable bonds is 8. The second-order valence-corrected chi connectivity index (χ2v) is 6.51. The number of esters is 1. The molecule has 0 heterocycles. The Morgan fingerprint density at radius 1 is 1.20 bits per heavy atom. The van der Waals surface area contributed by atoms with E-state index in [0.29, 0.717) is 10.0 Å². The van der Waals surface area contributed by atoms with Crippen molar-refractivity contribution in [3.8, 4) is 0 Å². The Hall–Kier alpha value is -2.22. The van der Waals surface area contributed by atoms with Gasteiger partial charge in [0.25, 0.3) is 0 Å². The first-order valence-corrected chi connectivity index (χ1v) is 8.25. The van der Waals surface area contributed by atoms with E-state index in [1.165, 1.54) is 38.3 Å². The molecule has 0 fully saturated rings. The molecule has 1 aromatic carbocycles. The van der Waals surface area contributed by atoms with Crippen molar-refractivity contribution < 1.29 is 23.5 Å². The molecule has 6 nitrogen and oxygen atoms in total. The molecule has 0 aromatic heterocycles. The van der Waals surface area contributed by atoms with Crippen molar-refractivity contribution in [3.05, 3.63) is 46.7 Å². The standard InChI is InChI=1S/C17H20BrFN2O4/c1-10(18)8-15(17(24)25-3)21-16(23)14(20-11(2)22)9-12-4-6-13(19)7-5-12/h4-7,14-15H,1,8-9H2,2-3H3,(H,20,22)(H,21,23)/t14-,15+/m0/s1. The molecule has 0 spiro atoms. The first-order chi connectivity index (χ1) is 11.7. The summed E-state index contributed by atoms with van der Waals surface area (Å²) in [5, 5.41) is 5.07. The molecular weight excluding hydrogens is 395 g/mol. The van der Waals surface area contributed by atoms with Gasteiger partial charge >= 0.3 is 5.97 Å². The molecular formula is C17H20BrFN2O4. The number of nitrogens with one attached hydrogen (secondary N) is 2. The second kappa shape index (κ2) is 9.93. The molecule has 2 atom stereocenters. The predicted octanol–water partition coefficient (Wildman–Crippen LogP) is 1.83. The molecule has 0 aliphatic rings. The highest BCUT2D eigenvalue weighted by atomic mass is 79.9. The van der Waals surface area contributed by atoms with Crippen molar-refractivity contribution in [3.63, 3.8) is 0 Å². The molecule has 8 heteroatoms. The van der Waals surface area contributed by atoms with E-state index in [2.05, 4.69) is 37.9 Å². The van der Waals surface area contributed by atoms with Crippen LogP contribution in [0.2, 0.25) is 0 Å². The molecule has 0 aliphatic heterocycles. The molecule has 0 radical (unpaired) electrons. The van der Waals surface area contributed by atoms with Gasteiger partial charge in [-0.05, 0) is 22.2 Å². The lowest BCUT2D eigenvalue weighted by atomic mass is 10.0. The highest BCUT2D eigenvalue weighted by molar-refractivity contribution is 9.11. The summed E-state index contributed by atoms with van der Waals surface area (Å²) < 4.78 is 18.2. The van der Waals surface area contributed by atoms with E-state index in [-0.39, 0.29) is 12.8 Å². The summed E-state index contributed by atoms with van der Waals surface area (Å²) in [6, 6.07) is 3.73. The third-order valence-electron chi connectivity index (χ3n) is 3.27. The topological polar surface area (TPSA) is 84.5 Å². The number of ether oxygens (including phenoxy) is 1. The van der Waals surface area contributed by atoms with E-state index >= 15 is 0 Å². The molecule has 2 amide bonds. The maximum atomic E-state index is 13.0. The van der Waals surface area contributed by atoms with Gasteiger partial charge in [-0.15, -0.1) is 0 Å². The van der Waals surface area contributed by atoms with Crippen LogP contribution < -0.4 is 10.6 Å². The zero-order valence-corrected chi connectivity index (χ0v) is 15.6. The zero-order chi connectivity index (χ0) is 19.0. The number of hydrogen-bond acceptors (Lipinski definition) is 4. The van der Waals surface area contributed by atoms with Crippen LogP contribution >= 0.6 is 15.9 Å². The number of hydrogen-bond donors (Lipinski definition) is 2. The van der Waals surface area contributed by atoms with Crippen LogP contribution in [-0.2, 0) is 25.5 Å². The van der Waals surface area contributed by atoms with Gasteiger partial charge in [0.05, 0.1) is 7.11 Å². The predicted molar refractivity (Wildman–Crippen MR) is 94.3 cm³/mol. The van der Waals surface area contributed by atoms with Gasteiger partial charge in [0.2, 0.25) is 11.8 Å². The molecule has 0 unspecified atom stereocenters. The van der Waals surface area contributed by atoms with Gasteiger partial charge < -0.3 is 15.4 Å². The number of carbonyl (C=O) groups is 3. The fourth-order valence-corrected chi connectivity index (χ4v) is 2.46. The van der Waals surface area contributed by atoms with Crippen LogP contribution in [0.1, 0.15) is 18.9 Å². The van der Waals surface area contributed by atoms with E-state index < -0.39 is 35.7 Å². The Morgan fingerprint density at radius 2 is 1.80 bits per heavy atom. The minimum Gasteiger partial charge on any atom is -0.467 e. The molecule has 25 heavy (non-hydrogen) atoms. The van der Waals surface area contributed by atoms with E-state index in [9.17, 15) is 18.8 Å². The van der Waals surface area contributed by atoms with Crippen LogP contribution in [-0.4, -0.2) is 37.0 Å². The van der Waals surface area contributed by atoms with Gasteiger partial charge in [0.15, 0.2) is 0 Å².